The number of rotatable bonds is 5. The summed E-state index contributed by atoms with van der Waals surface area (Å²) in [5.74, 6) is 1.28. The van der Waals surface area contributed by atoms with Crippen LogP contribution < -0.4 is 0 Å². The minimum atomic E-state index is 0.102. The van der Waals surface area contributed by atoms with E-state index in [1.54, 1.807) is 12.1 Å². The van der Waals surface area contributed by atoms with E-state index < -0.39 is 0 Å². The number of phenolic OH excluding ortho intramolecular Hbond substituents is 1. The van der Waals surface area contributed by atoms with Crippen LogP contribution in [0.25, 0.3) is 0 Å². The first-order chi connectivity index (χ1) is 14.2. The molecule has 3 aliphatic heterocycles. The highest BCUT2D eigenvalue weighted by atomic mass is 16.5. The monoisotopic (exact) mass is 401 g/mol. The normalized spacial score (nSPS) is 27.1. The third-order valence-electron chi connectivity index (χ3n) is 6.59. The quantitative estimate of drug-likeness (QED) is 0.820. The van der Waals surface area contributed by atoms with Crippen molar-refractivity contribution in [2.24, 2.45) is 11.8 Å². The van der Waals surface area contributed by atoms with Crippen molar-refractivity contribution in [3.05, 3.63) is 29.8 Å². The molecule has 0 aromatic heterocycles. The second-order valence-corrected chi connectivity index (χ2v) is 8.96. The van der Waals surface area contributed by atoms with Gasteiger partial charge in [0.2, 0.25) is 5.91 Å². The number of hydrogen-bond donors (Lipinski definition) is 1. The van der Waals surface area contributed by atoms with E-state index in [2.05, 4.69) is 14.7 Å². The van der Waals surface area contributed by atoms with Crippen LogP contribution in [0.3, 0.4) is 0 Å². The van der Waals surface area contributed by atoms with Gasteiger partial charge in [0.15, 0.2) is 0 Å². The van der Waals surface area contributed by atoms with Crippen LogP contribution in [-0.4, -0.2) is 84.7 Å². The Bertz CT molecular complexity index is 654. The van der Waals surface area contributed by atoms with E-state index in [0.717, 1.165) is 84.8 Å². The summed E-state index contributed by atoms with van der Waals surface area (Å²) >= 11 is 0. The molecule has 1 aromatic rings. The predicted molar refractivity (Wildman–Crippen MR) is 113 cm³/mol. The van der Waals surface area contributed by atoms with Crippen molar-refractivity contribution in [3.8, 4) is 5.75 Å². The number of carbonyl (C=O) groups is 1. The lowest BCUT2D eigenvalue weighted by Gasteiger charge is -2.41. The zero-order chi connectivity index (χ0) is 20.1. The number of aromatic hydroxyl groups is 1. The summed E-state index contributed by atoms with van der Waals surface area (Å²) in [7, 11) is 0. The Balaban J connectivity index is 1.43. The highest BCUT2D eigenvalue weighted by Gasteiger charge is 2.35. The standard InChI is InChI=1S/C23H35N3O3/c27-22-6-4-19(5-7-22)15-25-17-20(16-24-10-12-29-13-11-24)14-21(18-25)23(28)26-8-2-1-3-9-26/h4-7,20-21,27H,1-3,8-18H2/t20-,21-/m1/s1. The molecule has 6 nitrogen and oxygen atoms in total. The number of nitrogens with zero attached hydrogens (tertiary/aromatic N) is 3. The van der Waals surface area contributed by atoms with Crippen LogP contribution in [0.4, 0.5) is 0 Å². The summed E-state index contributed by atoms with van der Waals surface area (Å²) in [6.45, 7) is 9.27. The van der Waals surface area contributed by atoms with Gasteiger partial charge >= 0.3 is 0 Å². The van der Waals surface area contributed by atoms with E-state index >= 15 is 0 Å². The molecule has 3 saturated heterocycles. The van der Waals surface area contributed by atoms with Gasteiger partial charge in [0.1, 0.15) is 5.75 Å². The summed E-state index contributed by atoms with van der Waals surface area (Å²) in [5, 5.41) is 9.57. The number of phenols is 1. The highest BCUT2D eigenvalue weighted by Crippen LogP contribution is 2.27. The molecule has 0 saturated carbocycles. The van der Waals surface area contributed by atoms with Gasteiger partial charge in [-0.05, 0) is 49.3 Å². The van der Waals surface area contributed by atoms with Gasteiger partial charge < -0.3 is 14.7 Å². The Morgan fingerprint density at radius 3 is 2.41 bits per heavy atom. The number of benzene rings is 1. The summed E-state index contributed by atoms with van der Waals surface area (Å²) in [5.41, 5.74) is 1.19. The van der Waals surface area contributed by atoms with Crippen LogP contribution >= 0.6 is 0 Å². The molecule has 6 heteroatoms. The lowest BCUT2D eigenvalue weighted by Crippen LogP contribution is -2.51. The summed E-state index contributed by atoms with van der Waals surface area (Å²) in [6.07, 6.45) is 4.54. The molecule has 3 heterocycles. The molecule has 3 fully saturated rings. The van der Waals surface area contributed by atoms with E-state index in [0.29, 0.717) is 17.6 Å². The topological polar surface area (TPSA) is 56.3 Å². The Morgan fingerprint density at radius 1 is 0.966 bits per heavy atom. The summed E-state index contributed by atoms with van der Waals surface area (Å²) in [4.78, 5) is 20.3. The molecule has 2 atom stereocenters. The molecular weight excluding hydrogens is 366 g/mol. The zero-order valence-corrected chi connectivity index (χ0v) is 17.5. The fourth-order valence-electron chi connectivity index (χ4n) is 5.12. The molecule has 0 spiro atoms. The van der Waals surface area contributed by atoms with Crippen molar-refractivity contribution >= 4 is 5.91 Å². The van der Waals surface area contributed by atoms with E-state index in [1.807, 2.05) is 12.1 Å². The van der Waals surface area contributed by atoms with Crippen molar-refractivity contribution < 1.29 is 14.6 Å². The number of carbonyl (C=O) groups excluding carboxylic acids is 1. The Hall–Kier alpha value is -1.63. The fourth-order valence-corrected chi connectivity index (χ4v) is 5.12. The van der Waals surface area contributed by atoms with Crippen molar-refractivity contribution in [3.63, 3.8) is 0 Å². The van der Waals surface area contributed by atoms with Gasteiger partial charge in [0.05, 0.1) is 19.1 Å². The molecule has 4 rings (SSSR count). The number of piperidine rings is 2. The number of morpholine rings is 1. The van der Waals surface area contributed by atoms with Crippen LogP contribution in [0.1, 0.15) is 31.2 Å². The van der Waals surface area contributed by atoms with Crippen molar-refractivity contribution in [2.45, 2.75) is 32.2 Å². The maximum absolute atomic E-state index is 13.3. The highest BCUT2D eigenvalue weighted by molar-refractivity contribution is 5.79. The zero-order valence-electron chi connectivity index (χ0n) is 17.5. The van der Waals surface area contributed by atoms with Crippen LogP contribution in [0, 0.1) is 11.8 Å². The van der Waals surface area contributed by atoms with Crippen LogP contribution in [0.15, 0.2) is 24.3 Å². The van der Waals surface area contributed by atoms with Gasteiger partial charge in [-0.2, -0.15) is 0 Å². The predicted octanol–water partition coefficient (Wildman–Crippen LogP) is 2.17. The van der Waals surface area contributed by atoms with Gasteiger partial charge in [-0.15, -0.1) is 0 Å². The van der Waals surface area contributed by atoms with Gasteiger partial charge in [-0.1, -0.05) is 12.1 Å². The third-order valence-corrected chi connectivity index (χ3v) is 6.59. The SMILES string of the molecule is O=C([C@@H]1C[C@H](CN2CCOCC2)CN(Cc2ccc(O)cc2)C1)N1CCCCC1. The summed E-state index contributed by atoms with van der Waals surface area (Å²) < 4.78 is 5.50. The maximum Gasteiger partial charge on any atom is 0.226 e. The first kappa shape index (κ1) is 20.6. The van der Waals surface area contributed by atoms with Gasteiger partial charge in [0, 0.05) is 52.4 Å². The molecule has 0 bridgehead atoms. The minimum Gasteiger partial charge on any atom is -0.508 e. The van der Waals surface area contributed by atoms with Crippen LogP contribution in [-0.2, 0) is 16.1 Å². The molecule has 0 radical (unpaired) electrons. The van der Waals surface area contributed by atoms with Gasteiger partial charge in [-0.3, -0.25) is 14.6 Å². The maximum atomic E-state index is 13.3. The molecule has 1 aromatic carbocycles. The Labute approximate surface area is 174 Å². The van der Waals surface area contributed by atoms with Crippen molar-refractivity contribution in [1.82, 2.24) is 14.7 Å². The second-order valence-electron chi connectivity index (χ2n) is 8.96. The fraction of sp³-hybridized carbons (Fsp3) is 0.696. The molecule has 1 N–H and O–H groups in total. The first-order valence-electron chi connectivity index (χ1n) is 11.3. The van der Waals surface area contributed by atoms with E-state index in [9.17, 15) is 9.90 Å². The lowest BCUT2D eigenvalue weighted by molar-refractivity contribution is -0.139. The number of amides is 1. The number of likely N-dealkylation sites (tertiary alicyclic amines) is 2. The third kappa shape index (κ3) is 5.71. The van der Waals surface area contributed by atoms with Gasteiger partial charge in [-0.25, -0.2) is 0 Å². The Morgan fingerprint density at radius 2 is 1.69 bits per heavy atom. The molecule has 1 amide bonds. The van der Waals surface area contributed by atoms with E-state index in [-0.39, 0.29) is 5.92 Å². The smallest absolute Gasteiger partial charge is 0.226 e. The Kier molecular flexibility index (Phi) is 7.06. The average Bonchev–Trinajstić information content (AvgIpc) is 2.76. The molecular formula is C23H35N3O3. The van der Waals surface area contributed by atoms with Crippen LogP contribution in [0.5, 0.6) is 5.75 Å². The summed E-state index contributed by atoms with van der Waals surface area (Å²) in [6, 6.07) is 7.48. The van der Waals surface area contributed by atoms with E-state index in [1.165, 1.54) is 12.0 Å². The first-order valence-corrected chi connectivity index (χ1v) is 11.3. The molecule has 29 heavy (non-hydrogen) atoms. The van der Waals surface area contributed by atoms with E-state index in [4.69, 9.17) is 4.74 Å². The largest absolute Gasteiger partial charge is 0.508 e. The lowest BCUT2D eigenvalue weighted by atomic mass is 9.87. The minimum absolute atomic E-state index is 0.102. The second kappa shape index (κ2) is 9.92. The van der Waals surface area contributed by atoms with Gasteiger partial charge in [0.25, 0.3) is 0 Å². The number of hydrogen-bond acceptors (Lipinski definition) is 5. The van der Waals surface area contributed by atoms with Crippen molar-refractivity contribution in [2.75, 3.05) is 59.0 Å². The molecule has 0 unspecified atom stereocenters. The molecule has 160 valence electrons. The number of ether oxygens (including phenoxy) is 1. The average molecular weight is 402 g/mol. The molecule has 3 aliphatic rings. The van der Waals surface area contributed by atoms with Crippen molar-refractivity contribution in [1.29, 1.82) is 0 Å². The molecule has 0 aliphatic carbocycles. The van der Waals surface area contributed by atoms with Crippen LogP contribution in [0.2, 0.25) is 0 Å².